The van der Waals surface area contributed by atoms with Gasteiger partial charge in [0.25, 0.3) is 5.91 Å². The van der Waals surface area contributed by atoms with Crippen molar-refractivity contribution in [3.05, 3.63) is 29.3 Å². The maximum Gasteiger partial charge on any atom is 0.258 e. The Bertz CT molecular complexity index is 501. The van der Waals surface area contributed by atoms with E-state index < -0.39 is 0 Å². The predicted octanol–water partition coefficient (Wildman–Crippen LogP) is 2.17. The van der Waals surface area contributed by atoms with Gasteiger partial charge in [-0.1, -0.05) is 38.2 Å². The zero-order valence-electron chi connectivity index (χ0n) is 12.4. The molecule has 0 radical (unpaired) electrons. The van der Waals surface area contributed by atoms with Crippen molar-refractivity contribution in [2.45, 2.75) is 33.7 Å². The minimum atomic E-state index is -0.133. The van der Waals surface area contributed by atoms with Gasteiger partial charge in [0.15, 0.2) is 6.61 Å². The first kappa shape index (κ1) is 16.4. The molecular formula is C15H22N2O2S. The van der Waals surface area contributed by atoms with E-state index in [9.17, 15) is 4.79 Å². The van der Waals surface area contributed by atoms with Crippen molar-refractivity contribution in [2.24, 2.45) is 11.7 Å². The Labute approximate surface area is 125 Å². The van der Waals surface area contributed by atoms with Gasteiger partial charge in [0, 0.05) is 11.6 Å². The maximum absolute atomic E-state index is 11.8. The Morgan fingerprint density at radius 3 is 2.60 bits per heavy atom. The highest BCUT2D eigenvalue weighted by Crippen LogP contribution is 2.19. The summed E-state index contributed by atoms with van der Waals surface area (Å²) < 4.78 is 5.54. The Balaban J connectivity index is 2.63. The Kier molecular flexibility index (Phi) is 5.95. The van der Waals surface area contributed by atoms with Crippen LogP contribution in [0.2, 0.25) is 0 Å². The summed E-state index contributed by atoms with van der Waals surface area (Å²) in [5.41, 5.74) is 7.26. The number of hydrogen-bond acceptors (Lipinski definition) is 3. The summed E-state index contributed by atoms with van der Waals surface area (Å²) in [6.07, 6.45) is 0. The van der Waals surface area contributed by atoms with Gasteiger partial charge >= 0.3 is 0 Å². The number of hydrogen-bond donors (Lipinski definition) is 2. The van der Waals surface area contributed by atoms with Crippen LogP contribution in [0, 0.1) is 12.8 Å². The number of amides is 1. The van der Waals surface area contributed by atoms with Crippen LogP contribution in [0.5, 0.6) is 5.75 Å². The Morgan fingerprint density at radius 2 is 2.05 bits per heavy atom. The fraction of sp³-hybridized carbons (Fsp3) is 0.467. The summed E-state index contributed by atoms with van der Waals surface area (Å²) in [7, 11) is 0. The van der Waals surface area contributed by atoms with Crippen LogP contribution in [-0.2, 0) is 4.79 Å². The first-order chi connectivity index (χ1) is 9.31. The highest BCUT2D eigenvalue weighted by molar-refractivity contribution is 7.80. The molecule has 1 amide bonds. The van der Waals surface area contributed by atoms with Crippen molar-refractivity contribution in [3.63, 3.8) is 0 Å². The van der Waals surface area contributed by atoms with E-state index in [-0.39, 0.29) is 18.6 Å². The van der Waals surface area contributed by atoms with Crippen LogP contribution in [0.25, 0.3) is 0 Å². The molecule has 1 rings (SSSR count). The van der Waals surface area contributed by atoms with Crippen molar-refractivity contribution in [3.8, 4) is 5.75 Å². The summed E-state index contributed by atoms with van der Waals surface area (Å²) in [6, 6.07) is 5.59. The number of rotatable bonds is 6. The minimum Gasteiger partial charge on any atom is -0.483 e. The molecule has 0 saturated carbocycles. The van der Waals surface area contributed by atoms with Gasteiger partial charge in [-0.25, -0.2) is 0 Å². The molecule has 1 aromatic carbocycles. The fourth-order valence-electron chi connectivity index (χ4n) is 1.51. The number of nitrogens with one attached hydrogen (secondary N) is 1. The van der Waals surface area contributed by atoms with Crippen LogP contribution in [-0.4, -0.2) is 23.5 Å². The monoisotopic (exact) mass is 294 g/mol. The summed E-state index contributed by atoms with van der Waals surface area (Å²) in [5, 5.41) is 2.89. The Morgan fingerprint density at radius 1 is 1.40 bits per heavy atom. The predicted molar refractivity (Wildman–Crippen MR) is 85.0 cm³/mol. The molecule has 0 aromatic heterocycles. The molecule has 3 N–H and O–H groups in total. The summed E-state index contributed by atoms with van der Waals surface area (Å²) in [4.78, 5) is 12.1. The SMILES string of the molecule is Cc1ccc(C(N)=S)cc1OCC(=O)NC(C)C(C)C. The molecule has 110 valence electrons. The van der Waals surface area contributed by atoms with E-state index in [0.29, 0.717) is 16.7 Å². The van der Waals surface area contributed by atoms with Gasteiger partial charge in [-0.3, -0.25) is 4.79 Å². The number of aryl methyl sites for hydroxylation is 1. The van der Waals surface area contributed by atoms with Crippen LogP contribution in [0.3, 0.4) is 0 Å². The lowest BCUT2D eigenvalue weighted by atomic mass is 10.1. The summed E-state index contributed by atoms with van der Waals surface area (Å²) in [5.74, 6) is 0.882. The van der Waals surface area contributed by atoms with Crippen LogP contribution in [0.1, 0.15) is 31.9 Å². The fourth-order valence-corrected chi connectivity index (χ4v) is 1.64. The molecule has 0 spiro atoms. The lowest BCUT2D eigenvalue weighted by Crippen LogP contribution is -2.39. The van der Waals surface area contributed by atoms with Crippen molar-refractivity contribution < 1.29 is 9.53 Å². The van der Waals surface area contributed by atoms with Gasteiger partial charge in [-0.15, -0.1) is 0 Å². The van der Waals surface area contributed by atoms with E-state index in [1.54, 1.807) is 6.07 Å². The number of carbonyl (C=O) groups is 1. The topological polar surface area (TPSA) is 64.3 Å². The molecule has 1 aromatic rings. The van der Waals surface area contributed by atoms with Crippen molar-refractivity contribution in [2.75, 3.05) is 6.61 Å². The van der Waals surface area contributed by atoms with Crippen LogP contribution in [0.4, 0.5) is 0 Å². The van der Waals surface area contributed by atoms with E-state index in [0.717, 1.165) is 11.1 Å². The van der Waals surface area contributed by atoms with E-state index >= 15 is 0 Å². The van der Waals surface area contributed by atoms with E-state index in [1.807, 2.05) is 26.0 Å². The normalized spacial score (nSPS) is 12.1. The van der Waals surface area contributed by atoms with Crippen molar-refractivity contribution in [1.29, 1.82) is 0 Å². The molecule has 0 saturated heterocycles. The largest absolute Gasteiger partial charge is 0.483 e. The molecule has 20 heavy (non-hydrogen) atoms. The molecule has 0 aliphatic rings. The van der Waals surface area contributed by atoms with E-state index in [1.165, 1.54) is 0 Å². The number of carbonyl (C=O) groups excluding carboxylic acids is 1. The molecule has 1 atom stereocenters. The van der Waals surface area contributed by atoms with Crippen LogP contribution < -0.4 is 15.8 Å². The third kappa shape index (κ3) is 4.81. The Hall–Kier alpha value is -1.62. The molecule has 5 heteroatoms. The van der Waals surface area contributed by atoms with Gasteiger partial charge in [-0.2, -0.15) is 0 Å². The molecule has 0 aliphatic heterocycles. The van der Waals surface area contributed by atoms with Crippen LogP contribution >= 0.6 is 12.2 Å². The molecule has 4 nitrogen and oxygen atoms in total. The number of thiocarbonyl (C=S) groups is 1. The van der Waals surface area contributed by atoms with Gasteiger partial charge in [-0.05, 0) is 31.4 Å². The molecule has 0 aliphatic carbocycles. The third-order valence-electron chi connectivity index (χ3n) is 3.22. The molecule has 1 unspecified atom stereocenters. The number of ether oxygens (including phenoxy) is 1. The van der Waals surface area contributed by atoms with Gasteiger partial charge in [0.1, 0.15) is 10.7 Å². The molecule has 0 fully saturated rings. The zero-order chi connectivity index (χ0) is 15.3. The molecule has 0 heterocycles. The molecular weight excluding hydrogens is 272 g/mol. The van der Waals surface area contributed by atoms with Gasteiger partial charge in [0.05, 0.1) is 0 Å². The van der Waals surface area contributed by atoms with E-state index in [4.69, 9.17) is 22.7 Å². The van der Waals surface area contributed by atoms with Gasteiger partial charge < -0.3 is 15.8 Å². The third-order valence-corrected chi connectivity index (χ3v) is 3.46. The first-order valence-corrected chi connectivity index (χ1v) is 7.04. The van der Waals surface area contributed by atoms with Crippen LogP contribution in [0.15, 0.2) is 18.2 Å². The van der Waals surface area contributed by atoms with Crippen molar-refractivity contribution >= 4 is 23.1 Å². The average molecular weight is 294 g/mol. The maximum atomic E-state index is 11.8. The first-order valence-electron chi connectivity index (χ1n) is 6.64. The second kappa shape index (κ2) is 7.24. The smallest absolute Gasteiger partial charge is 0.258 e. The quantitative estimate of drug-likeness (QED) is 0.789. The highest BCUT2D eigenvalue weighted by atomic mass is 32.1. The minimum absolute atomic E-state index is 0.0152. The highest BCUT2D eigenvalue weighted by Gasteiger charge is 2.12. The number of benzene rings is 1. The lowest BCUT2D eigenvalue weighted by molar-refractivity contribution is -0.124. The lowest BCUT2D eigenvalue weighted by Gasteiger charge is -2.18. The second-order valence-corrected chi connectivity index (χ2v) is 5.67. The summed E-state index contributed by atoms with van der Waals surface area (Å²) >= 11 is 4.93. The molecule has 0 bridgehead atoms. The number of nitrogens with two attached hydrogens (primary N) is 1. The average Bonchev–Trinajstić information content (AvgIpc) is 2.37. The standard InChI is InChI=1S/C15H22N2O2S/c1-9(2)11(4)17-14(18)8-19-13-7-12(15(16)20)6-5-10(13)3/h5-7,9,11H,8H2,1-4H3,(H2,16,20)(H,17,18). The zero-order valence-corrected chi connectivity index (χ0v) is 13.2. The van der Waals surface area contributed by atoms with Crippen molar-refractivity contribution in [1.82, 2.24) is 5.32 Å². The van der Waals surface area contributed by atoms with E-state index in [2.05, 4.69) is 19.2 Å². The van der Waals surface area contributed by atoms with Gasteiger partial charge in [0.2, 0.25) is 0 Å². The second-order valence-electron chi connectivity index (χ2n) is 5.23. The summed E-state index contributed by atoms with van der Waals surface area (Å²) in [6.45, 7) is 7.98.